The summed E-state index contributed by atoms with van der Waals surface area (Å²) in [6.07, 6.45) is 0. The van der Waals surface area contributed by atoms with Gasteiger partial charge in [0.1, 0.15) is 17.0 Å². The number of furan rings is 1. The molecule has 6 aromatic carbocycles. The first-order valence-corrected chi connectivity index (χ1v) is 15.6. The second kappa shape index (κ2) is 8.95. The molecule has 2 nitrogen and oxygen atoms in total. The highest BCUT2D eigenvalue weighted by atomic mass is 19.1. The highest BCUT2D eigenvalue weighted by Gasteiger charge is 2.39. The van der Waals surface area contributed by atoms with Crippen molar-refractivity contribution in [2.75, 3.05) is 4.90 Å². The zero-order valence-corrected chi connectivity index (χ0v) is 25.8. The van der Waals surface area contributed by atoms with E-state index in [1.54, 1.807) is 12.1 Å². The Bertz CT molecular complexity index is 2360. The van der Waals surface area contributed by atoms with Crippen LogP contribution in [0.25, 0.3) is 44.2 Å². The molecule has 0 fully saturated rings. The van der Waals surface area contributed by atoms with E-state index in [2.05, 4.69) is 124 Å². The summed E-state index contributed by atoms with van der Waals surface area (Å²) < 4.78 is 21.0. The van der Waals surface area contributed by atoms with Gasteiger partial charge in [-0.15, -0.1) is 0 Å². The Morgan fingerprint density at radius 3 is 2.02 bits per heavy atom. The molecule has 1 aromatic heterocycles. The van der Waals surface area contributed by atoms with Gasteiger partial charge in [-0.25, -0.2) is 4.39 Å². The summed E-state index contributed by atoms with van der Waals surface area (Å²) in [4.78, 5) is 2.32. The highest BCUT2D eigenvalue weighted by Crippen LogP contribution is 2.55. The molecule has 1 aliphatic carbocycles. The van der Waals surface area contributed by atoms with Crippen LogP contribution in [0.5, 0.6) is 0 Å². The van der Waals surface area contributed by atoms with Crippen LogP contribution in [-0.2, 0) is 10.8 Å². The Balaban J connectivity index is 1.24. The van der Waals surface area contributed by atoms with E-state index in [4.69, 9.17) is 4.42 Å². The van der Waals surface area contributed by atoms with Crippen molar-refractivity contribution in [1.29, 1.82) is 0 Å². The van der Waals surface area contributed by atoms with Gasteiger partial charge in [0.05, 0.1) is 11.4 Å². The van der Waals surface area contributed by atoms with E-state index in [9.17, 15) is 4.39 Å². The smallest absolute Gasteiger partial charge is 0.135 e. The van der Waals surface area contributed by atoms with Crippen LogP contribution in [0.2, 0.25) is 0 Å². The van der Waals surface area contributed by atoms with Crippen molar-refractivity contribution in [3.8, 4) is 22.3 Å². The molecule has 0 saturated carbocycles. The van der Waals surface area contributed by atoms with Gasteiger partial charge in [0.2, 0.25) is 0 Å². The number of fused-ring (bicyclic) bond motifs is 8. The lowest BCUT2D eigenvalue weighted by atomic mass is 9.72. The normalized spacial score (nSPS) is 15.5. The van der Waals surface area contributed by atoms with Crippen molar-refractivity contribution in [3.05, 3.63) is 149 Å². The second-order valence-corrected chi connectivity index (χ2v) is 13.6. The lowest BCUT2D eigenvalue weighted by molar-refractivity contribution is 0.596. The number of nitrogens with zero attached hydrogens (tertiary/aromatic N) is 1. The average molecular weight is 586 g/mol. The monoisotopic (exact) mass is 585 g/mol. The van der Waals surface area contributed by atoms with Crippen LogP contribution in [0.3, 0.4) is 0 Å². The number of hydrogen-bond donors (Lipinski definition) is 0. The third kappa shape index (κ3) is 3.61. The number of rotatable bonds is 2. The molecule has 7 aromatic rings. The number of hydrogen-bond acceptors (Lipinski definition) is 2. The first kappa shape index (κ1) is 26.3. The standard InChI is InChI=1S/C42H32FNO/c1-41(2)33-11-7-5-9-29(33)30-17-16-28(24-34(30)41)44-37-18-13-26(22-35(37)42(3,4)36-23-27(43)15-19-38(36)44)25-14-20-40-32(21-25)31-10-6-8-12-39(31)45-40/h5-24H,1-4H3. The first-order valence-electron chi connectivity index (χ1n) is 15.6. The fraction of sp³-hybridized carbons (Fsp3) is 0.143. The van der Waals surface area contributed by atoms with Gasteiger partial charge >= 0.3 is 0 Å². The minimum atomic E-state index is -0.419. The summed E-state index contributed by atoms with van der Waals surface area (Å²) in [6, 6.07) is 42.2. The minimum absolute atomic E-state index is 0.120. The summed E-state index contributed by atoms with van der Waals surface area (Å²) in [7, 11) is 0. The van der Waals surface area contributed by atoms with Gasteiger partial charge in [0.25, 0.3) is 0 Å². The third-order valence-electron chi connectivity index (χ3n) is 10.3. The summed E-state index contributed by atoms with van der Waals surface area (Å²) in [5, 5.41) is 2.22. The Morgan fingerprint density at radius 1 is 0.511 bits per heavy atom. The Kier molecular flexibility index (Phi) is 5.23. The summed E-state index contributed by atoms with van der Waals surface area (Å²) in [5.41, 5.74) is 14.1. The molecule has 0 unspecified atom stereocenters. The third-order valence-corrected chi connectivity index (χ3v) is 10.3. The van der Waals surface area contributed by atoms with Crippen LogP contribution < -0.4 is 4.90 Å². The van der Waals surface area contributed by atoms with Crippen LogP contribution in [0.15, 0.2) is 126 Å². The zero-order chi connectivity index (χ0) is 30.7. The molecule has 1 aliphatic heterocycles. The van der Waals surface area contributed by atoms with E-state index in [1.807, 2.05) is 18.2 Å². The quantitative estimate of drug-likeness (QED) is 0.201. The second-order valence-electron chi connectivity index (χ2n) is 13.6. The summed E-state index contributed by atoms with van der Waals surface area (Å²) >= 11 is 0. The van der Waals surface area contributed by atoms with Gasteiger partial charge in [-0.1, -0.05) is 88.4 Å². The molecule has 0 saturated heterocycles. The maximum atomic E-state index is 14.9. The molecule has 9 rings (SSSR count). The van der Waals surface area contributed by atoms with Gasteiger partial charge in [-0.3, -0.25) is 0 Å². The van der Waals surface area contributed by atoms with Gasteiger partial charge < -0.3 is 9.32 Å². The van der Waals surface area contributed by atoms with E-state index in [-0.39, 0.29) is 11.2 Å². The first-order chi connectivity index (χ1) is 21.7. The molecule has 0 N–H and O–H groups in total. The maximum Gasteiger partial charge on any atom is 0.135 e. The van der Waals surface area contributed by atoms with Crippen molar-refractivity contribution in [3.63, 3.8) is 0 Å². The largest absolute Gasteiger partial charge is 0.456 e. The van der Waals surface area contributed by atoms with Crippen LogP contribution in [0.4, 0.5) is 21.5 Å². The Morgan fingerprint density at radius 2 is 1.16 bits per heavy atom. The molecule has 3 heteroatoms. The number of anilines is 3. The predicted octanol–water partition coefficient (Wildman–Crippen LogP) is 11.8. The van der Waals surface area contributed by atoms with Crippen molar-refractivity contribution in [2.45, 2.75) is 38.5 Å². The molecule has 2 heterocycles. The van der Waals surface area contributed by atoms with Crippen LogP contribution >= 0.6 is 0 Å². The molecule has 45 heavy (non-hydrogen) atoms. The van der Waals surface area contributed by atoms with Crippen molar-refractivity contribution >= 4 is 39.0 Å². The molecule has 0 bridgehead atoms. The van der Waals surface area contributed by atoms with Crippen molar-refractivity contribution in [2.24, 2.45) is 0 Å². The molecular weight excluding hydrogens is 553 g/mol. The topological polar surface area (TPSA) is 16.4 Å². The van der Waals surface area contributed by atoms with Gasteiger partial charge in [0, 0.05) is 27.3 Å². The Labute approximate surface area is 262 Å². The fourth-order valence-electron chi connectivity index (χ4n) is 7.91. The number of halogens is 1. The fourth-order valence-corrected chi connectivity index (χ4v) is 7.91. The lowest BCUT2D eigenvalue weighted by Crippen LogP contribution is -2.31. The molecule has 0 spiro atoms. The lowest BCUT2D eigenvalue weighted by Gasteiger charge is -2.42. The van der Waals surface area contributed by atoms with Crippen molar-refractivity contribution in [1.82, 2.24) is 0 Å². The Hall–Kier alpha value is -5.15. The van der Waals surface area contributed by atoms with Crippen LogP contribution in [-0.4, -0.2) is 0 Å². The SMILES string of the molecule is CC1(C)c2ccccc2-c2ccc(N3c4ccc(F)cc4C(C)(C)c4cc(-c5ccc6oc7ccccc7c6c5)ccc43)cc21. The molecule has 0 radical (unpaired) electrons. The molecule has 0 atom stereocenters. The van der Waals surface area contributed by atoms with Crippen LogP contribution in [0, 0.1) is 5.82 Å². The van der Waals surface area contributed by atoms with E-state index >= 15 is 0 Å². The van der Waals surface area contributed by atoms with Crippen molar-refractivity contribution < 1.29 is 8.81 Å². The average Bonchev–Trinajstić information content (AvgIpc) is 3.53. The van der Waals surface area contributed by atoms with Gasteiger partial charge in [-0.2, -0.15) is 0 Å². The van der Waals surface area contributed by atoms with Crippen LogP contribution in [0.1, 0.15) is 49.9 Å². The molecular formula is C42H32FNO. The van der Waals surface area contributed by atoms with E-state index in [1.165, 1.54) is 27.8 Å². The van der Waals surface area contributed by atoms with E-state index < -0.39 is 5.41 Å². The number of benzene rings is 6. The molecule has 0 amide bonds. The minimum Gasteiger partial charge on any atom is -0.456 e. The highest BCUT2D eigenvalue weighted by molar-refractivity contribution is 6.06. The summed E-state index contributed by atoms with van der Waals surface area (Å²) in [5.74, 6) is -0.218. The zero-order valence-electron chi connectivity index (χ0n) is 25.8. The van der Waals surface area contributed by atoms with Gasteiger partial charge in [-0.05, 0) is 105 Å². The van der Waals surface area contributed by atoms with Gasteiger partial charge in [0.15, 0.2) is 0 Å². The maximum absolute atomic E-state index is 14.9. The molecule has 2 aliphatic rings. The van der Waals surface area contributed by atoms with E-state index in [0.29, 0.717) is 0 Å². The number of para-hydroxylation sites is 1. The predicted molar refractivity (Wildman–Crippen MR) is 183 cm³/mol. The summed E-state index contributed by atoms with van der Waals surface area (Å²) in [6.45, 7) is 9.04. The van der Waals surface area contributed by atoms with E-state index in [0.717, 1.165) is 55.7 Å². The molecule has 218 valence electrons.